The molecule has 0 unspecified atom stereocenters. The van der Waals surface area contributed by atoms with Gasteiger partial charge in [0.25, 0.3) is 0 Å². The van der Waals surface area contributed by atoms with E-state index in [1.807, 2.05) is 12.1 Å². The number of nitrogen functional groups attached to an aromatic ring is 1. The number of nitrogens with zero attached hydrogens (tertiary/aromatic N) is 2. The molecule has 3 N–H and O–H groups in total. The zero-order valence-electron chi connectivity index (χ0n) is 9.89. The van der Waals surface area contributed by atoms with Crippen molar-refractivity contribution in [2.45, 2.75) is 31.7 Å². The second-order valence-electron chi connectivity index (χ2n) is 5.11. The second kappa shape index (κ2) is 4.02. The van der Waals surface area contributed by atoms with Gasteiger partial charge in [0.05, 0.1) is 5.69 Å². The lowest BCUT2D eigenvalue weighted by Gasteiger charge is -2.26. The molecule has 3 rings (SSSR count). The largest absolute Gasteiger partial charge is 0.382 e. The van der Waals surface area contributed by atoms with Crippen LogP contribution in [0.4, 0.5) is 5.69 Å². The molecule has 4 heteroatoms. The predicted molar refractivity (Wildman–Crippen MR) is 68.3 cm³/mol. The molecule has 4 nitrogen and oxygen atoms in total. The Morgan fingerprint density at radius 1 is 1.41 bits per heavy atom. The van der Waals surface area contributed by atoms with Gasteiger partial charge in [-0.05, 0) is 43.7 Å². The van der Waals surface area contributed by atoms with E-state index < -0.39 is 0 Å². The minimum Gasteiger partial charge on any atom is -0.382 e. The molecular weight excluding hydrogens is 212 g/mol. The van der Waals surface area contributed by atoms with Gasteiger partial charge in [0.15, 0.2) is 0 Å². The number of pyridine rings is 1. The number of rotatable bonds is 5. The minimum atomic E-state index is 0.0713. The highest BCUT2D eigenvalue weighted by Gasteiger charge is 2.35. The normalized spacial score (nSPS) is 19.1. The van der Waals surface area contributed by atoms with Gasteiger partial charge in [0, 0.05) is 18.8 Å². The molecule has 2 aliphatic rings. The Morgan fingerprint density at radius 2 is 2.18 bits per heavy atom. The van der Waals surface area contributed by atoms with E-state index in [1.54, 1.807) is 6.20 Å². The molecule has 0 aromatic carbocycles. The Labute approximate surface area is 101 Å². The number of aromatic nitrogens is 1. The van der Waals surface area contributed by atoms with E-state index >= 15 is 0 Å². The molecule has 0 atom stereocenters. The zero-order valence-corrected chi connectivity index (χ0v) is 9.89. The Balaban J connectivity index is 1.90. The molecule has 0 bridgehead atoms. The summed E-state index contributed by atoms with van der Waals surface area (Å²) in [5.74, 6) is 0.915. The third-order valence-corrected chi connectivity index (χ3v) is 3.49. The van der Waals surface area contributed by atoms with Crippen LogP contribution in [0, 0.1) is 11.3 Å². The molecule has 0 saturated heterocycles. The lowest BCUT2D eigenvalue weighted by Crippen LogP contribution is -2.31. The molecule has 1 aromatic rings. The van der Waals surface area contributed by atoms with Gasteiger partial charge in [0.1, 0.15) is 11.5 Å². The number of nitrogens with one attached hydrogen (secondary N) is 1. The standard InChI is InChI=1S/C13H18N4/c14-13(15)12-11(2-1-7-16-12)17(10-5-6-10)8-9-3-4-9/h1-2,7,9-10H,3-6,8H2,(H3,14,15). The van der Waals surface area contributed by atoms with Crippen LogP contribution in [0.5, 0.6) is 0 Å². The molecule has 0 aliphatic heterocycles. The first-order valence-corrected chi connectivity index (χ1v) is 6.32. The Kier molecular flexibility index (Phi) is 2.50. The van der Waals surface area contributed by atoms with Crippen LogP contribution in [-0.2, 0) is 0 Å². The summed E-state index contributed by atoms with van der Waals surface area (Å²) in [5.41, 5.74) is 7.30. The summed E-state index contributed by atoms with van der Waals surface area (Å²) >= 11 is 0. The van der Waals surface area contributed by atoms with Crippen LogP contribution in [0.15, 0.2) is 18.3 Å². The predicted octanol–water partition coefficient (Wildman–Crippen LogP) is 1.74. The maximum Gasteiger partial charge on any atom is 0.143 e. The first kappa shape index (κ1) is 10.6. The van der Waals surface area contributed by atoms with Crippen molar-refractivity contribution in [3.63, 3.8) is 0 Å². The highest BCUT2D eigenvalue weighted by atomic mass is 15.2. The molecular formula is C13H18N4. The summed E-state index contributed by atoms with van der Waals surface area (Å²) in [7, 11) is 0. The molecule has 2 saturated carbocycles. The maximum atomic E-state index is 7.62. The number of hydrogen-bond donors (Lipinski definition) is 2. The average molecular weight is 230 g/mol. The van der Waals surface area contributed by atoms with Crippen LogP contribution in [0.2, 0.25) is 0 Å². The topological polar surface area (TPSA) is 66.0 Å². The second-order valence-corrected chi connectivity index (χ2v) is 5.11. The molecule has 0 amide bonds. The van der Waals surface area contributed by atoms with Gasteiger partial charge in [-0.25, -0.2) is 0 Å². The van der Waals surface area contributed by atoms with Crippen molar-refractivity contribution in [2.24, 2.45) is 11.7 Å². The van der Waals surface area contributed by atoms with Crippen LogP contribution >= 0.6 is 0 Å². The van der Waals surface area contributed by atoms with E-state index in [0.717, 1.165) is 18.2 Å². The van der Waals surface area contributed by atoms with E-state index in [4.69, 9.17) is 11.1 Å². The minimum absolute atomic E-state index is 0.0713. The fourth-order valence-electron chi connectivity index (χ4n) is 2.25. The van der Waals surface area contributed by atoms with Crippen LogP contribution in [-0.4, -0.2) is 23.4 Å². The average Bonchev–Trinajstić information content (AvgIpc) is 3.17. The zero-order chi connectivity index (χ0) is 11.8. The molecule has 1 heterocycles. The maximum absolute atomic E-state index is 7.62. The van der Waals surface area contributed by atoms with Gasteiger partial charge in [-0.15, -0.1) is 0 Å². The third-order valence-electron chi connectivity index (χ3n) is 3.49. The Bertz CT molecular complexity index is 435. The van der Waals surface area contributed by atoms with Gasteiger partial charge < -0.3 is 10.6 Å². The monoisotopic (exact) mass is 230 g/mol. The lowest BCUT2D eigenvalue weighted by molar-refractivity contribution is 0.716. The summed E-state index contributed by atoms with van der Waals surface area (Å²) < 4.78 is 0. The fourth-order valence-corrected chi connectivity index (χ4v) is 2.25. The van der Waals surface area contributed by atoms with Gasteiger partial charge in [-0.3, -0.25) is 10.4 Å². The van der Waals surface area contributed by atoms with Crippen LogP contribution in [0.1, 0.15) is 31.4 Å². The molecule has 1 aromatic heterocycles. The SMILES string of the molecule is N=C(N)c1ncccc1N(CC1CC1)C1CC1. The first-order chi connectivity index (χ1) is 8.25. The van der Waals surface area contributed by atoms with Crippen molar-refractivity contribution < 1.29 is 0 Å². The van der Waals surface area contributed by atoms with Crippen LogP contribution in [0.3, 0.4) is 0 Å². The number of amidine groups is 1. The first-order valence-electron chi connectivity index (χ1n) is 6.32. The summed E-state index contributed by atoms with van der Waals surface area (Å²) in [6.45, 7) is 1.11. The molecule has 0 radical (unpaired) electrons. The molecule has 2 fully saturated rings. The smallest absolute Gasteiger partial charge is 0.143 e. The van der Waals surface area contributed by atoms with Crippen molar-refractivity contribution >= 4 is 11.5 Å². The summed E-state index contributed by atoms with van der Waals surface area (Å²) in [6.07, 6.45) is 6.93. The van der Waals surface area contributed by atoms with Crippen molar-refractivity contribution in [2.75, 3.05) is 11.4 Å². The summed E-state index contributed by atoms with van der Waals surface area (Å²) in [5, 5.41) is 7.62. The number of nitrogens with two attached hydrogens (primary N) is 1. The number of hydrogen-bond acceptors (Lipinski definition) is 3. The lowest BCUT2D eigenvalue weighted by atomic mass is 10.2. The van der Waals surface area contributed by atoms with Gasteiger partial charge in [-0.2, -0.15) is 0 Å². The van der Waals surface area contributed by atoms with Gasteiger partial charge >= 0.3 is 0 Å². The fraction of sp³-hybridized carbons (Fsp3) is 0.538. The summed E-state index contributed by atoms with van der Waals surface area (Å²) in [6, 6.07) is 4.63. The van der Waals surface area contributed by atoms with E-state index in [9.17, 15) is 0 Å². The molecule has 90 valence electrons. The van der Waals surface area contributed by atoms with Crippen molar-refractivity contribution in [3.05, 3.63) is 24.0 Å². The highest BCUT2D eigenvalue weighted by Crippen LogP contribution is 2.38. The molecule has 2 aliphatic carbocycles. The van der Waals surface area contributed by atoms with Crippen LogP contribution in [0.25, 0.3) is 0 Å². The molecule has 0 spiro atoms. The van der Waals surface area contributed by atoms with Crippen molar-refractivity contribution in [3.8, 4) is 0 Å². The van der Waals surface area contributed by atoms with E-state index in [-0.39, 0.29) is 5.84 Å². The van der Waals surface area contributed by atoms with E-state index in [2.05, 4.69) is 9.88 Å². The number of anilines is 1. The van der Waals surface area contributed by atoms with Crippen molar-refractivity contribution in [1.29, 1.82) is 5.41 Å². The summed E-state index contributed by atoms with van der Waals surface area (Å²) in [4.78, 5) is 6.66. The van der Waals surface area contributed by atoms with Gasteiger partial charge in [0.2, 0.25) is 0 Å². The van der Waals surface area contributed by atoms with E-state index in [0.29, 0.717) is 11.7 Å². The van der Waals surface area contributed by atoms with Crippen molar-refractivity contribution in [1.82, 2.24) is 4.98 Å². The Hall–Kier alpha value is -1.58. The van der Waals surface area contributed by atoms with Gasteiger partial charge in [-0.1, -0.05) is 0 Å². The van der Waals surface area contributed by atoms with E-state index in [1.165, 1.54) is 25.7 Å². The quantitative estimate of drug-likeness (QED) is 0.598. The molecule has 17 heavy (non-hydrogen) atoms. The third kappa shape index (κ3) is 2.25. The Morgan fingerprint density at radius 3 is 2.76 bits per heavy atom. The highest BCUT2D eigenvalue weighted by molar-refractivity contribution is 5.98. The van der Waals surface area contributed by atoms with Crippen LogP contribution < -0.4 is 10.6 Å².